The van der Waals surface area contributed by atoms with Crippen molar-refractivity contribution in [2.75, 3.05) is 12.4 Å². The highest BCUT2D eigenvalue weighted by Gasteiger charge is 2.33. The first-order chi connectivity index (χ1) is 13.2. The monoisotopic (exact) mass is 422 g/mol. The van der Waals surface area contributed by atoms with E-state index in [4.69, 9.17) is 12.2 Å². The zero-order chi connectivity index (χ0) is 20.5. The topological polar surface area (TPSA) is 49.4 Å². The van der Waals surface area contributed by atoms with Crippen molar-refractivity contribution in [3.05, 3.63) is 70.1 Å². The summed E-state index contributed by atoms with van der Waals surface area (Å²) < 4.78 is 39.6. The summed E-state index contributed by atoms with van der Waals surface area (Å²) in [4.78, 5) is 26.1. The molecule has 1 aliphatic heterocycles. The van der Waals surface area contributed by atoms with Crippen molar-refractivity contribution in [2.24, 2.45) is 0 Å². The summed E-state index contributed by atoms with van der Waals surface area (Å²) in [6.45, 7) is 0. The summed E-state index contributed by atoms with van der Waals surface area (Å²) in [6, 6.07) is 10.9. The SMILES string of the molecule is CN1C(=O)/C(=C\c2ccc(C(=O)Nc3ccccc3C(F)(F)F)cc2)SC1=S. The van der Waals surface area contributed by atoms with E-state index in [1.54, 1.807) is 25.3 Å². The standard InChI is InChI=1S/C19H13F3N2O2S2/c1-24-17(26)15(28-18(24)27)10-11-6-8-12(9-7-11)16(25)23-14-5-3-2-4-13(14)19(20,21)22/h2-10H,1H3,(H,23,25)/b15-10+. The molecule has 1 heterocycles. The van der Waals surface area contributed by atoms with Crippen molar-refractivity contribution in [1.29, 1.82) is 0 Å². The number of likely N-dealkylation sites (N-methyl/N-ethyl adjacent to an activating group) is 1. The number of thiocarbonyl (C=S) groups is 1. The first-order valence-electron chi connectivity index (χ1n) is 7.96. The quantitative estimate of drug-likeness (QED) is 0.571. The summed E-state index contributed by atoms with van der Waals surface area (Å²) >= 11 is 6.24. The summed E-state index contributed by atoms with van der Waals surface area (Å²) in [7, 11) is 1.59. The van der Waals surface area contributed by atoms with E-state index in [-0.39, 0.29) is 17.2 Å². The molecular weight excluding hydrogens is 409 g/mol. The van der Waals surface area contributed by atoms with E-state index in [0.717, 1.165) is 6.07 Å². The van der Waals surface area contributed by atoms with E-state index in [1.165, 1.54) is 47.0 Å². The molecular formula is C19H13F3N2O2S2. The van der Waals surface area contributed by atoms with Crippen molar-refractivity contribution in [3.8, 4) is 0 Å². The van der Waals surface area contributed by atoms with Crippen molar-refractivity contribution in [2.45, 2.75) is 6.18 Å². The fraction of sp³-hybridized carbons (Fsp3) is 0.105. The molecule has 0 bridgehead atoms. The number of carbonyl (C=O) groups is 2. The van der Waals surface area contributed by atoms with E-state index < -0.39 is 17.6 Å². The van der Waals surface area contributed by atoms with E-state index in [2.05, 4.69) is 5.32 Å². The lowest BCUT2D eigenvalue weighted by molar-refractivity contribution is -0.137. The van der Waals surface area contributed by atoms with Gasteiger partial charge >= 0.3 is 6.18 Å². The number of nitrogens with one attached hydrogen (secondary N) is 1. The second kappa shape index (κ2) is 7.76. The summed E-state index contributed by atoms with van der Waals surface area (Å²) in [5, 5.41) is 2.29. The largest absolute Gasteiger partial charge is 0.418 e. The highest BCUT2D eigenvalue weighted by Crippen LogP contribution is 2.35. The zero-order valence-electron chi connectivity index (χ0n) is 14.4. The van der Waals surface area contributed by atoms with Crippen LogP contribution < -0.4 is 5.32 Å². The Balaban J connectivity index is 1.77. The third-order valence-electron chi connectivity index (χ3n) is 3.94. The van der Waals surface area contributed by atoms with Gasteiger partial charge in [-0.25, -0.2) is 0 Å². The molecule has 2 amide bonds. The molecule has 2 aromatic rings. The normalized spacial score (nSPS) is 16.0. The highest BCUT2D eigenvalue weighted by atomic mass is 32.2. The third-order valence-corrected chi connectivity index (χ3v) is 5.42. The lowest BCUT2D eigenvalue weighted by Gasteiger charge is -2.13. The molecule has 1 saturated heterocycles. The number of para-hydroxylation sites is 1. The van der Waals surface area contributed by atoms with Gasteiger partial charge in [-0.05, 0) is 35.9 Å². The Bertz CT molecular complexity index is 985. The highest BCUT2D eigenvalue weighted by molar-refractivity contribution is 8.26. The average molecular weight is 422 g/mol. The second-order valence-corrected chi connectivity index (χ2v) is 7.54. The average Bonchev–Trinajstić information content (AvgIpc) is 2.88. The Kier molecular flexibility index (Phi) is 5.57. The molecule has 3 rings (SSSR count). The molecule has 9 heteroatoms. The van der Waals surface area contributed by atoms with Gasteiger partial charge in [-0.3, -0.25) is 14.5 Å². The molecule has 0 atom stereocenters. The second-order valence-electron chi connectivity index (χ2n) is 5.86. The molecule has 2 aromatic carbocycles. The van der Waals surface area contributed by atoms with Gasteiger partial charge in [-0.2, -0.15) is 13.2 Å². The van der Waals surface area contributed by atoms with Crippen LogP contribution in [-0.2, 0) is 11.0 Å². The first-order valence-corrected chi connectivity index (χ1v) is 9.18. The molecule has 0 aromatic heterocycles. The predicted octanol–water partition coefficient (Wildman–Crippen LogP) is 4.79. The van der Waals surface area contributed by atoms with E-state index in [1.807, 2.05) is 0 Å². The van der Waals surface area contributed by atoms with Crippen LogP contribution in [0.2, 0.25) is 0 Å². The van der Waals surface area contributed by atoms with Crippen molar-refractivity contribution >= 4 is 51.9 Å². The molecule has 1 N–H and O–H groups in total. The number of thioether (sulfide) groups is 1. The number of halogens is 3. The maximum atomic E-state index is 13.0. The molecule has 0 aliphatic carbocycles. The number of anilines is 1. The van der Waals surface area contributed by atoms with Crippen LogP contribution in [0.15, 0.2) is 53.4 Å². The zero-order valence-corrected chi connectivity index (χ0v) is 16.0. The van der Waals surface area contributed by atoms with Gasteiger partial charge in [0.1, 0.15) is 4.32 Å². The smallest absolute Gasteiger partial charge is 0.321 e. The Hall–Kier alpha value is -2.65. The van der Waals surface area contributed by atoms with Gasteiger partial charge in [0.25, 0.3) is 11.8 Å². The lowest BCUT2D eigenvalue weighted by Crippen LogP contribution is -2.22. The fourth-order valence-electron chi connectivity index (χ4n) is 2.46. The maximum Gasteiger partial charge on any atom is 0.418 e. The summed E-state index contributed by atoms with van der Waals surface area (Å²) in [5.41, 5.74) is -0.365. The number of amides is 2. The van der Waals surface area contributed by atoms with Gasteiger partial charge < -0.3 is 5.32 Å². The molecule has 28 heavy (non-hydrogen) atoms. The fourth-order valence-corrected chi connectivity index (χ4v) is 3.64. The lowest BCUT2D eigenvalue weighted by atomic mass is 10.1. The van der Waals surface area contributed by atoms with Gasteiger partial charge in [0.05, 0.1) is 16.2 Å². The Labute approximate surface area is 168 Å². The van der Waals surface area contributed by atoms with Crippen LogP contribution in [0.3, 0.4) is 0 Å². The molecule has 1 fully saturated rings. The molecule has 0 saturated carbocycles. The number of benzene rings is 2. The number of carbonyl (C=O) groups excluding carboxylic acids is 2. The minimum atomic E-state index is -4.57. The predicted molar refractivity (Wildman–Crippen MR) is 107 cm³/mol. The van der Waals surface area contributed by atoms with E-state index in [0.29, 0.717) is 14.8 Å². The Morgan fingerprint density at radius 2 is 1.79 bits per heavy atom. The van der Waals surface area contributed by atoms with Crippen molar-refractivity contribution < 1.29 is 22.8 Å². The first kappa shape index (κ1) is 20.1. The van der Waals surface area contributed by atoms with Gasteiger partial charge in [0.2, 0.25) is 0 Å². The molecule has 1 aliphatic rings. The summed E-state index contributed by atoms with van der Waals surface area (Å²) in [6.07, 6.45) is -2.93. The van der Waals surface area contributed by atoms with Crippen LogP contribution in [0, 0.1) is 0 Å². The number of nitrogens with zero attached hydrogens (tertiary/aromatic N) is 1. The van der Waals surface area contributed by atoms with Crippen LogP contribution in [-0.4, -0.2) is 28.1 Å². The van der Waals surface area contributed by atoms with Gasteiger partial charge in [0.15, 0.2) is 0 Å². The Morgan fingerprint density at radius 3 is 2.36 bits per heavy atom. The van der Waals surface area contributed by atoms with Crippen LogP contribution in [0.1, 0.15) is 21.5 Å². The maximum absolute atomic E-state index is 13.0. The number of hydrogen-bond donors (Lipinski definition) is 1. The van der Waals surface area contributed by atoms with E-state index >= 15 is 0 Å². The molecule has 144 valence electrons. The minimum absolute atomic E-state index is 0.192. The third kappa shape index (κ3) is 4.26. The number of rotatable bonds is 3. The molecule has 0 radical (unpaired) electrons. The van der Waals surface area contributed by atoms with Crippen LogP contribution in [0.4, 0.5) is 18.9 Å². The minimum Gasteiger partial charge on any atom is -0.321 e. The number of alkyl halides is 3. The van der Waals surface area contributed by atoms with Gasteiger partial charge in [-0.15, -0.1) is 0 Å². The summed E-state index contributed by atoms with van der Waals surface area (Å²) in [5.74, 6) is -0.872. The van der Waals surface area contributed by atoms with Crippen LogP contribution in [0.5, 0.6) is 0 Å². The van der Waals surface area contributed by atoms with Crippen molar-refractivity contribution in [3.63, 3.8) is 0 Å². The van der Waals surface area contributed by atoms with Crippen molar-refractivity contribution in [1.82, 2.24) is 4.90 Å². The van der Waals surface area contributed by atoms with Crippen LogP contribution >= 0.6 is 24.0 Å². The van der Waals surface area contributed by atoms with Gasteiger partial charge in [-0.1, -0.05) is 48.2 Å². The molecule has 0 unspecified atom stereocenters. The number of hydrogen-bond acceptors (Lipinski definition) is 4. The van der Waals surface area contributed by atoms with Gasteiger partial charge in [0, 0.05) is 12.6 Å². The molecule has 4 nitrogen and oxygen atoms in total. The van der Waals surface area contributed by atoms with Crippen LogP contribution in [0.25, 0.3) is 6.08 Å². The van der Waals surface area contributed by atoms with E-state index in [9.17, 15) is 22.8 Å². The molecule has 0 spiro atoms. The Morgan fingerprint density at radius 1 is 1.14 bits per heavy atom.